The number of halogens is 3. The van der Waals surface area contributed by atoms with Gasteiger partial charge in [-0.05, 0) is 55.8 Å². The Morgan fingerprint density at radius 3 is 2.23 bits per heavy atom. The molecule has 0 fully saturated rings. The number of anilines is 1. The Bertz CT molecular complexity index is 1390. The van der Waals surface area contributed by atoms with Gasteiger partial charge in [0, 0.05) is 33.2 Å². The largest absolute Gasteiger partial charge is 0.354 e. The number of carbonyl (C=O) groups excluding carboxylic acids is 2. The Morgan fingerprint density at radius 1 is 0.974 bits per heavy atom. The summed E-state index contributed by atoms with van der Waals surface area (Å²) < 4.78 is 29.2. The minimum atomic E-state index is -4.14. The molecular weight excluding hydrogens is 625 g/mol. The van der Waals surface area contributed by atoms with Gasteiger partial charge >= 0.3 is 0 Å². The Hall–Kier alpha value is -2.59. The summed E-state index contributed by atoms with van der Waals surface area (Å²) in [6.45, 7) is 3.43. The SMILES string of the molecule is CCCCNC(=O)[C@H](C)N(Cc1c(Cl)cccc1Cl)C(=O)CN(c1cccc(Br)c1)S(=O)(=O)c1ccccc1. The maximum Gasteiger partial charge on any atom is 0.264 e. The average molecular weight is 655 g/mol. The lowest BCUT2D eigenvalue weighted by Crippen LogP contribution is -2.51. The van der Waals surface area contributed by atoms with Gasteiger partial charge in [-0.2, -0.15) is 0 Å². The molecular formula is C28H30BrCl2N3O4S. The summed E-state index contributed by atoms with van der Waals surface area (Å²) in [5, 5.41) is 3.51. The van der Waals surface area contributed by atoms with E-state index in [0.29, 0.717) is 26.6 Å². The molecule has 1 N–H and O–H groups in total. The fourth-order valence-corrected chi connectivity index (χ4v) is 6.18. The Labute approximate surface area is 248 Å². The van der Waals surface area contributed by atoms with Crippen LogP contribution in [0.15, 0.2) is 82.2 Å². The van der Waals surface area contributed by atoms with Crippen molar-refractivity contribution in [3.05, 3.63) is 92.9 Å². The van der Waals surface area contributed by atoms with Crippen LogP contribution in [0.3, 0.4) is 0 Å². The van der Waals surface area contributed by atoms with E-state index in [1.165, 1.54) is 17.0 Å². The van der Waals surface area contributed by atoms with Crippen LogP contribution < -0.4 is 9.62 Å². The molecule has 0 spiro atoms. The van der Waals surface area contributed by atoms with Gasteiger partial charge in [0.2, 0.25) is 11.8 Å². The van der Waals surface area contributed by atoms with Crippen LogP contribution in [-0.4, -0.2) is 44.3 Å². The zero-order valence-corrected chi connectivity index (χ0v) is 25.5. The second-order valence-electron chi connectivity index (χ2n) is 8.85. The molecule has 2 amide bonds. The molecule has 0 radical (unpaired) electrons. The molecule has 0 aliphatic rings. The Morgan fingerprint density at radius 2 is 1.62 bits per heavy atom. The minimum absolute atomic E-state index is 0.0313. The molecule has 7 nitrogen and oxygen atoms in total. The van der Waals surface area contributed by atoms with Crippen LogP contribution in [0.2, 0.25) is 10.0 Å². The third kappa shape index (κ3) is 7.97. The number of rotatable bonds is 12. The number of benzene rings is 3. The van der Waals surface area contributed by atoms with Crippen molar-refractivity contribution >= 4 is 66.7 Å². The summed E-state index contributed by atoms with van der Waals surface area (Å²) in [4.78, 5) is 28.3. The first kappa shape index (κ1) is 30.9. The predicted octanol–water partition coefficient (Wildman–Crippen LogP) is 6.28. The fraction of sp³-hybridized carbons (Fsp3) is 0.286. The van der Waals surface area contributed by atoms with Crippen molar-refractivity contribution in [1.29, 1.82) is 0 Å². The summed E-state index contributed by atoms with van der Waals surface area (Å²) in [6, 6.07) is 18.6. The molecule has 0 unspecified atom stereocenters. The summed E-state index contributed by atoms with van der Waals surface area (Å²) in [5.41, 5.74) is 0.750. The van der Waals surface area contributed by atoms with E-state index in [1.807, 2.05) is 6.92 Å². The molecule has 1 atom stereocenters. The summed E-state index contributed by atoms with van der Waals surface area (Å²) in [7, 11) is -4.14. The highest BCUT2D eigenvalue weighted by Crippen LogP contribution is 2.29. The number of unbranched alkanes of at least 4 members (excludes halogenated alkanes) is 1. The second kappa shape index (κ2) is 14.2. The van der Waals surface area contributed by atoms with Gasteiger partial charge in [0.25, 0.3) is 10.0 Å². The number of hydrogen-bond acceptors (Lipinski definition) is 4. The molecule has 39 heavy (non-hydrogen) atoms. The highest BCUT2D eigenvalue weighted by Gasteiger charge is 2.33. The lowest BCUT2D eigenvalue weighted by molar-refractivity contribution is -0.139. The quantitative estimate of drug-likeness (QED) is 0.233. The number of carbonyl (C=O) groups is 2. The van der Waals surface area contributed by atoms with Crippen LogP contribution in [0, 0.1) is 0 Å². The van der Waals surface area contributed by atoms with Crippen molar-refractivity contribution in [2.45, 2.75) is 44.2 Å². The van der Waals surface area contributed by atoms with Gasteiger partial charge in [0.05, 0.1) is 10.6 Å². The molecule has 0 saturated carbocycles. The lowest BCUT2D eigenvalue weighted by atomic mass is 10.1. The van der Waals surface area contributed by atoms with Gasteiger partial charge < -0.3 is 10.2 Å². The maximum absolute atomic E-state index is 13.9. The molecule has 11 heteroatoms. The molecule has 0 aliphatic carbocycles. The molecule has 0 heterocycles. The van der Waals surface area contributed by atoms with E-state index < -0.39 is 28.5 Å². The lowest BCUT2D eigenvalue weighted by Gasteiger charge is -2.32. The minimum Gasteiger partial charge on any atom is -0.354 e. The van der Waals surface area contributed by atoms with Gasteiger partial charge in [-0.25, -0.2) is 8.42 Å². The van der Waals surface area contributed by atoms with Crippen LogP contribution in [0.1, 0.15) is 32.3 Å². The third-order valence-electron chi connectivity index (χ3n) is 6.09. The van der Waals surface area contributed by atoms with Crippen molar-refractivity contribution in [2.24, 2.45) is 0 Å². The van der Waals surface area contributed by atoms with E-state index in [0.717, 1.165) is 17.1 Å². The zero-order chi connectivity index (χ0) is 28.6. The van der Waals surface area contributed by atoms with Crippen molar-refractivity contribution in [1.82, 2.24) is 10.2 Å². The van der Waals surface area contributed by atoms with Gasteiger partial charge in [-0.1, -0.05) is 82.8 Å². The average Bonchev–Trinajstić information content (AvgIpc) is 2.91. The molecule has 0 saturated heterocycles. The highest BCUT2D eigenvalue weighted by molar-refractivity contribution is 9.10. The molecule has 3 aromatic carbocycles. The van der Waals surface area contributed by atoms with Crippen LogP contribution in [0.25, 0.3) is 0 Å². The maximum atomic E-state index is 13.9. The first-order chi connectivity index (χ1) is 18.6. The fourth-order valence-electron chi connectivity index (χ4n) is 3.85. The summed E-state index contributed by atoms with van der Waals surface area (Å²) in [5.74, 6) is -0.955. The van der Waals surface area contributed by atoms with E-state index >= 15 is 0 Å². The molecule has 3 aromatic rings. The third-order valence-corrected chi connectivity index (χ3v) is 9.08. The molecule has 208 valence electrons. The normalized spacial score (nSPS) is 12.0. The van der Waals surface area contributed by atoms with E-state index in [-0.39, 0.29) is 23.0 Å². The van der Waals surface area contributed by atoms with Gasteiger partial charge in [0.15, 0.2) is 0 Å². The van der Waals surface area contributed by atoms with Crippen LogP contribution >= 0.6 is 39.1 Å². The smallest absolute Gasteiger partial charge is 0.264 e. The molecule has 3 rings (SSSR count). The first-order valence-electron chi connectivity index (χ1n) is 12.4. The van der Waals surface area contributed by atoms with Crippen molar-refractivity contribution in [3.8, 4) is 0 Å². The van der Waals surface area contributed by atoms with E-state index in [9.17, 15) is 18.0 Å². The molecule has 0 bridgehead atoms. The van der Waals surface area contributed by atoms with Crippen LogP contribution in [0.5, 0.6) is 0 Å². The standard InChI is InChI=1S/C28H30BrCl2N3O4S/c1-3-4-16-32-28(36)20(2)33(18-24-25(30)14-9-15-26(24)31)27(35)19-34(22-11-8-10-21(29)17-22)39(37,38)23-12-6-5-7-13-23/h5-15,17,20H,3-4,16,18-19H2,1-2H3,(H,32,36)/t20-/m0/s1. The van der Waals surface area contributed by atoms with E-state index in [4.69, 9.17) is 23.2 Å². The first-order valence-corrected chi connectivity index (χ1v) is 15.4. The topological polar surface area (TPSA) is 86.8 Å². The highest BCUT2D eigenvalue weighted by atomic mass is 79.9. The molecule has 0 aliphatic heterocycles. The number of amides is 2. The number of nitrogens with one attached hydrogen (secondary N) is 1. The van der Waals surface area contributed by atoms with Crippen molar-refractivity contribution in [3.63, 3.8) is 0 Å². The van der Waals surface area contributed by atoms with Crippen molar-refractivity contribution in [2.75, 3.05) is 17.4 Å². The Kier molecular flexibility index (Phi) is 11.2. The van der Waals surface area contributed by atoms with Gasteiger partial charge in [-0.3, -0.25) is 13.9 Å². The zero-order valence-electron chi connectivity index (χ0n) is 21.6. The summed E-state index contributed by atoms with van der Waals surface area (Å²) >= 11 is 16.2. The van der Waals surface area contributed by atoms with Gasteiger partial charge in [0.1, 0.15) is 12.6 Å². The van der Waals surface area contributed by atoms with Gasteiger partial charge in [-0.15, -0.1) is 0 Å². The number of hydrogen-bond donors (Lipinski definition) is 1. The summed E-state index contributed by atoms with van der Waals surface area (Å²) in [6.07, 6.45) is 1.68. The number of nitrogens with zero attached hydrogens (tertiary/aromatic N) is 2. The Balaban J connectivity index is 2.03. The van der Waals surface area contributed by atoms with Crippen LogP contribution in [0.4, 0.5) is 5.69 Å². The monoisotopic (exact) mass is 653 g/mol. The van der Waals surface area contributed by atoms with Crippen LogP contribution in [-0.2, 0) is 26.2 Å². The van der Waals surface area contributed by atoms with E-state index in [2.05, 4.69) is 21.2 Å². The van der Waals surface area contributed by atoms with E-state index in [1.54, 1.807) is 67.6 Å². The number of sulfonamides is 1. The second-order valence-corrected chi connectivity index (χ2v) is 12.4. The predicted molar refractivity (Wildman–Crippen MR) is 160 cm³/mol. The molecule has 0 aromatic heterocycles. The van der Waals surface area contributed by atoms with Crippen molar-refractivity contribution < 1.29 is 18.0 Å².